The van der Waals surface area contributed by atoms with E-state index in [9.17, 15) is 0 Å². The van der Waals surface area contributed by atoms with Crippen LogP contribution in [0.4, 0.5) is 0 Å². The van der Waals surface area contributed by atoms with Crippen molar-refractivity contribution in [2.75, 3.05) is 6.61 Å². The van der Waals surface area contributed by atoms with Crippen molar-refractivity contribution in [3.05, 3.63) is 46.5 Å². The predicted octanol–water partition coefficient (Wildman–Crippen LogP) is 2.50. The second kappa shape index (κ2) is 5.12. The minimum absolute atomic E-state index is 0.0907. The van der Waals surface area contributed by atoms with Crippen LogP contribution in [0.15, 0.2) is 40.9 Å². The van der Waals surface area contributed by atoms with Gasteiger partial charge in [0.1, 0.15) is 0 Å². The van der Waals surface area contributed by atoms with Gasteiger partial charge in [-0.25, -0.2) is 0 Å². The maximum absolute atomic E-state index is 8.61. The lowest BCUT2D eigenvalue weighted by Crippen LogP contribution is -1.85. The van der Waals surface area contributed by atoms with Crippen LogP contribution >= 0.6 is 15.9 Å². The highest BCUT2D eigenvalue weighted by Gasteiger charge is 1.93. The third-order valence-electron chi connectivity index (χ3n) is 1.53. The molecule has 1 aromatic carbocycles. The number of benzene rings is 1. The summed E-state index contributed by atoms with van der Waals surface area (Å²) in [5, 5.41) is 8.61. The lowest BCUT2D eigenvalue weighted by atomic mass is 10.1. The second-order valence-electron chi connectivity index (χ2n) is 2.50. The van der Waals surface area contributed by atoms with Crippen LogP contribution in [0.1, 0.15) is 5.56 Å². The molecule has 2 heteroatoms. The molecule has 1 aromatic rings. The Hall–Kier alpha value is -0.600. The number of allylic oxidation sites excluding steroid dienone is 1. The quantitative estimate of drug-likeness (QED) is 0.841. The number of aliphatic hydroxyl groups is 1. The first-order valence-corrected chi connectivity index (χ1v) is 4.61. The third kappa shape index (κ3) is 3.20. The summed E-state index contributed by atoms with van der Waals surface area (Å²) in [6.45, 7) is 0.0907. The molecule has 1 rings (SSSR count). The molecule has 0 spiro atoms. The topological polar surface area (TPSA) is 20.2 Å². The highest BCUT2D eigenvalue weighted by molar-refractivity contribution is 9.11. The van der Waals surface area contributed by atoms with Gasteiger partial charge in [0.2, 0.25) is 0 Å². The van der Waals surface area contributed by atoms with Crippen molar-refractivity contribution in [1.29, 1.82) is 0 Å². The highest BCUT2D eigenvalue weighted by atomic mass is 79.9. The fourth-order valence-electron chi connectivity index (χ4n) is 0.962. The minimum atomic E-state index is 0.0907. The largest absolute Gasteiger partial charge is 0.392 e. The van der Waals surface area contributed by atoms with Crippen LogP contribution in [0.25, 0.3) is 0 Å². The van der Waals surface area contributed by atoms with Crippen LogP contribution in [-0.4, -0.2) is 11.7 Å². The monoisotopic (exact) mass is 226 g/mol. The van der Waals surface area contributed by atoms with Crippen molar-refractivity contribution in [2.24, 2.45) is 0 Å². The molecule has 0 aromatic heterocycles. The number of hydrogen-bond donors (Lipinski definition) is 1. The third-order valence-corrected chi connectivity index (χ3v) is 2.13. The van der Waals surface area contributed by atoms with E-state index < -0.39 is 0 Å². The molecule has 0 heterocycles. The van der Waals surface area contributed by atoms with E-state index in [1.54, 1.807) is 6.08 Å². The molecule has 12 heavy (non-hydrogen) atoms. The van der Waals surface area contributed by atoms with E-state index in [2.05, 4.69) is 28.1 Å². The number of halogens is 1. The van der Waals surface area contributed by atoms with Gasteiger partial charge in [-0.1, -0.05) is 46.3 Å². The van der Waals surface area contributed by atoms with E-state index in [1.165, 1.54) is 5.56 Å². The van der Waals surface area contributed by atoms with E-state index in [0.29, 0.717) is 0 Å². The van der Waals surface area contributed by atoms with Gasteiger partial charge in [-0.05, 0) is 16.1 Å². The molecule has 0 fully saturated rings. The molecule has 1 N–H and O–H groups in total. The lowest BCUT2D eigenvalue weighted by molar-refractivity contribution is 0.342. The van der Waals surface area contributed by atoms with Crippen molar-refractivity contribution >= 4 is 15.9 Å². The average molecular weight is 227 g/mol. The van der Waals surface area contributed by atoms with Gasteiger partial charge in [0.15, 0.2) is 0 Å². The van der Waals surface area contributed by atoms with Gasteiger partial charge in [0, 0.05) is 6.42 Å². The molecule has 0 radical (unpaired) electrons. The zero-order valence-electron chi connectivity index (χ0n) is 6.70. The Morgan fingerprint density at radius 2 is 2.00 bits per heavy atom. The molecule has 0 atom stereocenters. The summed E-state index contributed by atoms with van der Waals surface area (Å²) < 4.78 is 1.02. The van der Waals surface area contributed by atoms with Crippen LogP contribution in [0.2, 0.25) is 0 Å². The van der Waals surface area contributed by atoms with Crippen molar-refractivity contribution in [3.63, 3.8) is 0 Å². The maximum Gasteiger partial charge on any atom is 0.0623 e. The normalized spacial score (nSPS) is 11.7. The zero-order chi connectivity index (χ0) is 8.81. The van der Waals surface area contributed by atoms with Crippen LogP contribution in [-0.2, 0) is 6.42 Å². The number of rotatable bonds is 3. The first-order valence-electron chi connectivity index (χ1n) is 3.82. The summed E-state index contributed by atoms with van der Waals surface area (Å²) in [5.41, 5.74) is 1.24. The van der Waals surface area contributed by atoms with Gasteiger partial charge in [0.05, 0.1) is 6.61 Å². The summed E-state index contributed by atoms with van der Waals surface area (Å²) >= 11 is 3.38. The molecule has 0 bridgehead atoms. The standard InChI is InChI=1S/C10H11BrO/c11-10(6-7-12)8-9-4-2-1-3-5-9/h1-6,12H,7-8H2/b10-6-. The van der Waals surface area contributed by atoms with E-state index in [4.69, 9.17) is 5.11 Å². The molecular formula is C10H11BrO. The molecule has 0 saturated heterocycles. The van der Waals surface area contributed by atoms with Crippen molar-refractivity contribution in [2.45, 2.75) is 6.42 Å². The van der Waals surface area contributed by atoms with Gasteiger partial charge < -0.3 is 5.11 Å². The lowest BCUT2D eigenvalue weighted by Gasteiger charge is -1.98. The van der Waals surface area contributed by atoms with Gasteiger partial charge in [-0.2, -0.15) is 0 Å². The molecule has 0 aliphatic rings. The average Bonchev–Trinajstić information content (AvgIpc) is 2.06. The van der Waals surface area contributed by atoms with Crippen molar-refractivity contribution < 1.29 is 5.11 Å². The van der Waals surface area contributed by atoms with Crippen molar-refractivity contribution in [3.8, 4) is 0 Å². The molecule has 0 amide bonds. The Balaban J connectivity index is 2.58. The van der Waals surface area contributed by atoms with E-state index in [0.717, 1.165) is 10.9 Å². The maximum atomic E-state index is 8.61. The van der Waals surface area contributed by atoms with Crippen LogP contribution < -0.4 is 0 Å². The number of hydrogen-bond acceptors (Lipinski definition) is 1. The molecule has 0 unspecified atom stereocenters. The predicted molar refractivity (Wildman–Crippen MR) is 54.2 cm³/mol. The molecule has 1 nitrogen and oxygen atoms in total. The molecule has 64 valence electrons. The van der Waals surface area contributed by atoms with Crippen LogP contribution in [0.5, 0.6) is 0 Å². The summed E-state index contributed by atoms with van der Waals surface area (Å²) in [7, 11) is 0. The molecule has 0 aliphatic carbocycles. The first kappa shape index (κ1) is 9.49. The smallest absolute Gasteiger partial charge is 0.0623 e. The van der Waals surface area contributed by atoms with Crippen molar-refractivity contribution in [1.82, 2.24) is 0 Å². The van der Waals surface area contributed by atoms with Gasteiger partial charge in [-0.3, -0.25) is 0 Å². The Morgan fingerprint density at radius 3 is 2.58 bits per heavy atom. The van der Waals surface area contributed by atoms with Crippen LogP contribution in [0, 0.1) is 0 Å². The van der Waals surface area contributed by atoms with Gasteiger partial charge >= 0.3 is 0 Å². The summed E-state index contributed by atoms with van der Waals surface area (Å²) in [4.78, 5) is 0. The molecular weight excluding hydrogens is 216 g/mol. The molecule has 0 aliphatic heterocycles. The SMILES string of the molecule is OC/C=C(\Br)Cc1ccccc1. The summed E-state index contributed by atoms with van der Waals surface area (Å²) in [6, 6.07) is 10.1. The van der Waals surface area contributed by atoms with Crippen LogP contribution in [0.3, 0.4) is 0 Å². The second-order valence-corrected chi connectivity index (χ2v) is 3.51. The van der Waals surface area contributed by atoms with Gasteiger partial charge in [0.25, 0.3) is 0 Å². The summed E-state index contributed by atoms with van der Waals surface area (Å²) in [5.74, 6) is 0. The Kier molecular flexibility index (Phi) is 4.05. The van der Waals surface area contributed by atoms with E-state index in [-0.39, 0.29) is 6.61 Å². The summed E-state index contributed by atoms with van der Waals surface area (Å²) in [6.07, 6.45) is 2.61. The molecule has 0 saturated carbocycles. The van der Waals surface area contributed by atoms with E-state index >= 15 is 0 Å². The zero-order valence-corrected chi connectivity index (χ0v) is 8.29. The Labute approximate surface area is 80.9 Å². The fourth-order valence-corrected chi connectivity index (χ4v) is 1.43. The van der Waals surface area contributed by atoms with Gasteiger partial charge in [-0.15, -0.1) is 0 Å². The number of aliphatic hydroxyl groups excluding tert-OH is 1. The Bertz CT molecular complexity index is 254. The minimum Gasteiger partial charge on any atom is -0.392 e. The highest BCUT2D eigenvalue weighted by Crippen LogP contribution is 2.12. The fraction of sp³-hybridized carbons (Fsp3) is 0.200. The first-order chi connectivity index (χ1) is 5.83. The van der Waals surface area contributed by atoms with E-state index in [1.807, 2.05) is 18.2 Å². The Morgan fingerprint density at radius 1 is 1.33 bits per heavy atom.